The molecule has 8 aromatic carbocycles. The summed E-state index contributed by atoms with van der Waals surface area (Å²) in [6.45, 7) is 27.8. The van der Waals surface area contributed by atoms with Crippen molar-refractivity contribution in [1.82, 2.24) is 0 Å². The van der Waals surface area contributed by atoms with Crippen LogP contribution in [0.1, 0.15) is 105 Å². The van der Waals surface area contributed by atoms with Gasteiger partial charge < -0.3 is 14.7 Å². The summed E-state index contributed by atoms with van der Waals surface area (Å²) < 4.78 is 0. The van der Waals surface area contributed by atoms with Gasteiger partial charge in [0.2, 0.25) is 0 Å². The topological polar surface area (TPSA) is 9.72 Å². The normalized spacial score (nSPS) is 13.7. The first-order valence-corrected chi connectivity index (χ1v) is 23.9. The van der Waals surface area contributed by atoms with E-state index in [-0.39, 0.29) is 28.4 Å². The number of hydrogen-bond acceptors (Lipinski definition) is 3. The van der Waals surface area contributed by atoms with Crippen molar-refractivity contribution in [2.24, 2.45) is 0 Å². The second-order valence-electron chi connectivity index (χ2n) is 22.8. The molecule has 0 aliphatic carbocycles. The summed E-state index contributed by atoms with van der Waals surface area (Å²) in [5.41, 5.74) is 19.7. The van der Waals surface area contributed by atoms with E-state index < -0.39 is 0 Å². The lowest BCUT2D eigenvalue weighted by atomic mass is 9.33. The Hall–Kier alpha value is -6.52. The molecule has 3 nitrogen and oxygen atoms in total. The summed E-state index contributed by atoms with van der Waals surface area (Å²) in [4.78, 5) is 7.59. The van der Waals surface area contributed by atoms with Gasteiger partial charge in [0.05, 0.1) is 5.69 Å². The molecule has 66 heavy (non-hydrogen) atoms. The monoisotopic (exact) mass is 862 g/mol. The molecule has 0 aromatic heterocycles. The zero-order chi connectivity index (χ0) is 46.5. The van der Waals surface area contributed by atoms with E-state index in [0.717, 1.165) is 28.4 Å². The maximum absolute atomic E-state index is 2.57. The van der Waals surface area contributed by atoms with Gasteiger partial charge in [0.15, 0.2) is 0 Å². The molecular weight excluding hydrogens is 798 g/mol. The van der Waals surface area contributed by atoms with Gasteiger partial charge in [-0.15, -0.1) is 0 Å². The zero-order valence-electron chi connectivity index (χ0n) is 41.1. The minimum absolute atomic E-state index is 0.0142. The van der Waals surface area contributed by atoms with Gasteiger partial charge in [-0.2, -0.15) is 0 Å². The van der Waals surface area contributed by atoms with Gasteiger partial charge in [-0.1, -0.05) is 180 Å². The molecule has 4 heteroatoms. The van der Waals surface area contributed by atoms with Gasteiger partial charge in [-0.05, 0) is 144 Å². The third kappa shape index (κ3) is 7.59. The van der Waals surface area contributed by atoms with Crippen LogP contribution in [0.4, 0.5) is 51.2 Å². The molecule has 10 rings (SSSR count). The first kappa shape index (κ1) is 43.4. The third-order valence-corrected chi connectivity index (χ3v) is 14.0. The van der Waals surface area contributed by atoms with Crippen LogP contribution in [0.25, 0.3) is 10.8 Å². The molecule has 0 bridgehead atoms. The molecule has 2 aliphatic heterocycles. The van der Waals surface area contributed by atoms with Crippen molar-refractivity contribution in [2.75, 3.05) is 14.7 Å². The fourth-order valence-corrected chi connectivity index (χ4v) is 10.2. The van der Waals surface area contributed by atoms with Crippen LogP contribution in [0.5, 0.6) is 0 Å². The van der Waals surface area contributed by atoms with E-state index in [1.807, 2.05) is 0 Å². The van der Waals surface area contributed by atoms with E-state index >= 15 is 0 Å². The molecule has 0 radical (unpaired) electrons. The highest BCUT2D eigenvalue weighted by Gasteiger charge is 2.45. The number of nitrogens with zero attached hydrogens (tertiary/aromatic N) is 3. The SMILES string of the molecule is CC(C)(C)c1ccc(N2c3ccc(C(C)(C)C)cc3B3c4cc(C(C)(C)C)ccc4N(c4ccc(C(C)(C)C)cc4)c4cc(N(c5ccccc5)c5ccc6ccccc6c5)cc2c43)cc1. The molecule has 2 heterocycles. The van der Waals surface area contributed by atoms with Crippen molar-refractivity contribution >= 4 is 85.1 Å². The van der Waals surface area contributed by atoms with Gasteiger partial charge in [0.1, 0.15) is 0 Å². The van der Waals surface area contributed by atoms with Crippen LogP contribution in [0, 0.1) is 0 Å². The van der Waals surface area contributed by atoms with Crippen molar-refractivity contribution in [3.63, 3.8) is 0 Å². The van der Waals surface area contributed by atoms with Crippen molar-refractivity contribution in [2.45, 2.75) is 105 Å². The molecule has 0 fully saturated rings. The van der Waals surface area contributed by atoms with Crippen LogP contribution in [0.2, 0.25) is 0 Å². The van der Waals surface area contributed by atoms with E-state index in [9.17, 15) is 0 Å². The average molecular weight is 862 g/mol. The quantitative estimate of drug-likeness (QED) is 0.160. The minimum Gasteiger partial charge on any atom is -0.311 e. The molecule has 0 saturated carbocycles. The minimum atomic E-state index is -0.0389. The number of benzene rings is 8. The molecule has 0 atom stereocenters. The molecule has 0 spiro atoms. The number of fused-ring (bicyclic) bond motifs is 5. The molecule has 2 aliphatic rings. The molecule has 0 unspecified atom stereocenters. The molecule has 0 N–H and O–H groups in total. The van der Waals surface area contributed by atoms with Crippen LogP contribution in [0.15, 0.2) is 170 Å². The Bertz CT molecular complexity index is 2970. The van der Waals surface area contributed by atoms with Crippen LogP contribution < -0.4 is 31.1 Å². The summed E-state index contributed by atoms with van der Waals surface area (Å²) in [5, 5.41) is 2.44. The summed E-state index contributed by atoms with van der Waals surface area (Å²) in [6, 6.07) is 64.7. The van der Waals surface area contributed by atoms with Gasteiger partial charge in [0, 0.05) is 45.5 Å². The lowest BCUT2D eigenvalue weighted by molar-refractivity contribution is 0.590. The molecule has 330 valence electrons. The fourth-order valence-electron chi connectivity index (χ4n) is 10.2. The Morgan fingerprint density at radius 3 is 1.21 bits per heavy atom. The van der Waals surface area contributed by atoms with Gasteiger partial charge in [0.25, 0.3) is 6.71 Å². The van der Waals surface area contributed by atoms with E-state index in [1.165, 1.54) is 72.2 Å². The number of rotatable bonds is 5. The van der Waals surface area contributed by atoms with Gasteiger partial charge >= 0.3 is 0 Å². The highest BCUT2D eigenvalue weighted by atomic mass is 15.2. The largest absolute Gasteiger partial charge is 0.311 e. The molecular formula is C62H64BN3. The third-order valence-electron chi connectivity index (χ3n) is 14.0. The van der Waals surface area contributed by atoms with E-state index in [1.54, 1.807) is 0 Å². The van der Waals surface area contributed by atoms with Gasteiger partial charge in [-0.3, -0.25) is 0 Å². The predicted octanol–water partition coefficient (Wildman–Crippen LogP) is 15.6. The second-order valence-corrected chi connectivity index (χ2v) is 22.8. The van der Waals surface area contributed by atoms with Crippen LogP contribution >= 0.6 is 0 Å². The van der Waals surface area contributed by atoms with Crippen molar-refractivity contribution in [3.05, 3.63) is 192 Å². The lowest BCUT2D eigenvalue weighted by Crippen LogP contribution is -2.61. The fraction of sp³-hybridized carbons (Fsp3) is 0.258. The summed E-state index contributed by atoms with van der Waals surface area (Å²) >= 11 is 0. The first-order chi connectivity index (χ1) is 31.3. The van der Waals surface area contributed by atoms with E-state index in [0.29, 0.717) is 0 Å². The standard InChI is InChI=1S/C62H64BN3/c1-59(2,3)43-23-30-48(31-24-43)65-54-34-27-45(61(7,8)9)37-52(54)63-53-38-46(62(10,11)12)28-35-55(53)66(49-32-25-44(26-33-49)60(4,5)6)57-40-51(39-56(65)58(57)63)64(47-20-14-13-15-21-47)50-29-22-41-18-16-17-19-42(41)36-50/h13-40H,1-12H3. The van der Waals surface area contributed by atoms with Crippen LogP contribution in [-0.4, -0.2) is 6.71 Å². The lowest BCUT2D eigenvalue weighted by Gasteiger charge is -2.45. The first-order valence-electron chi connectivity index (χ1n) is 23.9. The number of hydrogen-bond donors (Lipinski definition) is 0. The van der Waals surface area contributed by atoms with Crippen LogP contribution in [0.3, 0.4) is 0 Å². The maximum Gasteiger partial charge on any atom is 0.252 e. The Morgan fingerprint density at radius 1 is 0.333 bits per heavy atom. The smallest absolute Gasteiger partial charge is 0.252 e. The summed E-state index contributed by atoms with van der Waals surface area (Å²) in [7, 11) is 0. The summed E-state index contributed by atoms with van der Waals surface area (Å²) in [6.07, 6.45) is 0. The average Bonchev–Trinajstić information content (AvgIpc) is 3.28. The Labute approximate surface area is 394 Å². The number of para-hydroxylation sites is 1. The van der Waals surface area contributed by atoms with Gasteiger partial charge in [-0.25, -0.2) is 0 Å². The Balaban J connectivity index is 1.34. The Kier molecular flexibility index (Phi) is 10.2. The van der Waals surface area contributed by atoms with E-state index in [2.05, 4.69) is 268 Å². The second kappa shape index (κ2) is 15.5. The van der Waals surface area contributed by atoms with Crippen molar-refractivity contribution < 1.29 is 0 Å². The zero-order valence-corrected chi connectivity index (χ0v) is 41.1. The van der Waals surface area contributed by atoms with Crippen molar-refractivity contribution in [3.8, 4) is 0 Å². The highest BCUT2D eigenvalue weighted by molar-refractivity contribution is 7.00. The molecule has 0 amide bonds. The highest BCUT2D eigenvalue weighted by Crippen LogP contribution is 2.49. The molecule has 8 aromatic rings. The Morgan fingerprint density at radius 2 is 0.758 bits per heavy atom. The van der Waals surface area contributed by atoms with Crippen LogP contribution in [-0.2, 0) is 21.7 Å². The predicted molar refractivity (Wildman–Crippen MR) is 287 cm³/mol. The number of anilines is 9. The maximum atomic E-state index is 2.57. The summed E-state index contributed by atoms with van der Waals surface area (Å²) in [5.74, 6) is 0. The molecule has 0 saturated heterocycles. The van der Waals surface area contributed by atoms with Crippen molar-refractivity contribution in [1.29, 1.82) is 0 Å². The van der Waals surface area contributed by atoms with E-state index in [4.69, 9.17) is 0 Å².